The van der Waals surface area contributed by atoms with Crippen LogP contribution in [0.25, 0.3) is 11.3 Å². The van der Waals surface area contributed by atoms with E-state index in [-0.39, 0.29) is 5.82 Å². The van der Waals surface area contributed by atoms with Gasteiger partial charge < -0.3 is 15.1 Å². The van der Waals surface area contributed by atoms with Crippen molar-refractivity contribution < 1.29 is 4.39 Å². The van der Waals surface area contributed by atoms with Gasteiger partial charge in [0.2, 0.25) is 0 Å². The first-order valence-electron chi connectivity index (χ1n) is 9.72. The molecular weight excluding hydrogens is 403 g/mol. The number of hydrogen-bond acceptors (Lipinski definition) is 4. The number of halogens is 1. The molecule has 150 valence electrons. The quantitative estimate of drug-likeness (QED) is 0.619. The van der Waals surface area contributed by atoms with Gasteiger partial charge in [0.1, 0.15) is 5.82 Å². The zero-order valence-corrected chi connectivity index (χ0v) is 17.7. The molecule has 0 atom stereocenters. The van der Waals surface area contributed by atoms with E-state index in [0.29, 0.717) is 0 Å². The Morgan fingerprint density at radius 1 is 1.03 bits per heavy atom. The van der Waals surface area contributed by atoms with Crippen LogP contribution in [0.2, 0.25) is 0 Å². The lowest BCUT2D eigenvalue weighted by Gasteiger charge is -2.36. The van der Waals surface area contributed by atoms with Crippen molar-refractivity contribution in [3.05, 3.63) is 71.4 Å². The van der Waals surface area contributed by atoms with Crippen LogP contribution in [-0.4, -0.2) is 47.7 Å². The van der Waals surface area contributed by atoms with Gasteiger partial charge in [-0.1, -0.05) is 30.3 Å². The van der Waals surface area contributed by atoms with Crippen molar-refractivity contribution in [2.45, 2.75) is 6.42 Å². The molecule has 0 saturated carbocycles. The van der Waals surface area contributed by atoms with E-state index in [1.54, 1.807) is 23.5 Å². The van der Waals surface area contributed by atoms with Gasteiger partial charge in [0, 0.05) is 43.7 Å². The molecule has 1 aromatic heterocycles. The van der Waals surface area contributed by atoms with Crippen LogP contribution in [0.15, 0.2) is 60.0 Å². The van der Waals surface area contributed by atoms with E-state index >= 15 is 0 Å². The maximum atomic E-state index is 13.1. The van der Waals surface area contributed by atoms with Crippen LogP contribution in [0, 0.1) is 5.82 Å². The fraction of sp³-hybridized carbons (Fsp3) is 0.273. The van der Waals surface area contributed by atoms with Crippen LogP contribution in [0.3, 0.4) is 0 Å². The Labute approximate surface area is 180 Å². The maximum absolute atomic E-state index is 13.1. The van der Waals surface area contributed by atoms with Crippen LogP contribution in [0.4, 0.5) is 9.52 Å². The first-order valence-corrected chi connectivity index (χ1v) is 11.0. The van der Waals surface area contributed by atoms with Gasteiger partial charge in [0.05, 0.1) is 5.69 Å². The number of rotatable bonds is 5. The molecular formula is C22H23FN4S2. The second-order valence-electron chi connectivity index (χ2n) is 6.96. The number of benzene rings is 2. The van der Waals surface area contributed by atoms with Crippen LogP contribution in [-0.2, 0) is 6.42 Å². The Balaban J connectivity index is 1.26. The van der Waals surface area contributed by atoms with Gasteiger partial charge in [0.15, 0.2) is 10.2 Å². The van der Waals surface area contributed by atoms with Crippen molar-refractivity contribution in [1.29, 1.82) is 0 Å². The normalized spacial score (nSPS) is 14.1. The molecule has 0 bridgehead atoms. The van der Waals surface area contributed by atoms with Gasteiger partial charge in [-0.25, -0.2) is 9.37 Å². The first kappa shape index (κ1) is 19.8. The maximum Gasteiger partial charge on any atom is 0.185 e. The van der Waals surface area contributed by atoms with Crippen molar-refractivity contribution in [3.8, 4) is 11.3 Å². The number of aromatic nitrogens is 1. The van der Waals surface area contributed by atoms with E-state index in [4.69, 9.17) is 17.2 Å². The number of piperazine rings is 1. The molecule has 0 unspecified atom stereocenters. The van der Waals surface area contributed by atoms with Gasteiger partial charge in [-0.05, 0) is 48.5 Å². The Hall–Kier alpha value is -2.51. The van der Waals surface area contributed by atoms with E-state index in [9.17, 15) is 4.39 Å². The highest BCUT2D eigenvalue weighted by Crippen LogP contribution is 2.28. The molecule has 0 aliphatic carbocycles. The summed E-state index contributed by atoms with van der Waals surface area (Å²) in [6, 6.07) is 16.9. The fourth-order valence-electron chi connectivity index (χ4n) is 3.33. The number of nitrogens with one attached hydrogen (secondary N) is 1. The monoisotopic (exact) mass is 426 g/mol. The van der Waals surface area contributed by atoms with Crippen LogP contribution in [0.5, 0.6) is 0 Å². The Morgan fingerprint density at radius 2 is 1.76 bits per heavy atom. The fourth-order valence-corrected chi connectivity index (χ4v) is 4.51. The summed E-state index contributed by atoms with van der Waals surface area (Å²) < 4.78 is 13.1. The van der Waals surface area contributed by atoms with E-state index in [1.807, 2.05) is 11.4 Å². The smallest absolute Gasteiger partial charge is 0.185 e. The zero-order valence-electron chi connectivity index (χ0n) is 16.1. The van der Waals surface area contributed by atoms with Crippen molar-refractivity contribution >= 4 is 33.8 Å². The van der Waals surface area contributed by atoms with Crippen LogP contribution >= 0.6 is 23.6 Å². The predicted octanol–water partition coefficient (Wildman–Crippen LogP) is 4.19. The number of thiazole rings is 1. The minimum absolute atomic E-state index is 0.228. The Bertz CT molecular complexity index is 935. The van der Waals surface area contributed by atoms with Gasteiger partial charge in [-0.3, -0.25) is 0 Å². The third-order valence-electron chi connectivity index (χ3n) is 5.00. The molecule has 3 aromatic rings. The van der Waals surface area contributed by atoms with Crippen molar-refractivity contribution in [2.75, 3.05) is 37.6 Å². The second-order valence-corrected chi connectivity index (χ2v) is 8.19. The second kappa shape index (κ2) is 9.33. The molecule has 2 aromatic carbocycles. The van der Waals surface area contributed by atoms with E-state index in [1.165, 1.54) is 17.7 Å². The molecule has 0 spiro atoms. The van der Waals surface area contributed by atoms with Crippen molar-refractivity contribution in [2.24, 2.45) is 0 Å². The summed E-state index contributed by atoms with van der Waals surface area (Å²) in [6.45, 7) is 4.37. The minimum Gasteiger partial charge on any atom is -0.362 e. The third-order valence-corrected chi connectivity index (χ3v) is 6.31. The van der Waals surface area contributed by atoms with Gasteiger partial charge in [0.25, 0.3) is 0 Å². The number of thiocarbonyl (C=S) groups is 1. The standard InChI is InChI=1S/C22H23FN4S2/c23-19-8-6-18(7-9-19)20-16-29-22(25-20)27-14-12-26(13-15-27)21(28)24-11-10-17-4-2-1-3-5-17/h1-9,16H,10-15H2,(H,24,28). The molecule has 2 heterocycles. The average Bonchev–Trinajstić information content (AvgIpc) is 3.25. The van der Waals surface area contributed by atoms with Crippen LogP contribution in [0.1, 0.15) is 5.56 Å². The Kier molecular flexibility index (Phi) is 6.36. The van der Waals surface area contributed by atoms with Gasteiger partial charge >= 0.3 is 0 Å². The summed E-state index contributed by atoms with van der Waals surface area (Å²) in [5.41, 5.74) is 3.15. The van der Waals surface area contributed by atoms with Crippen molar-refractivity contribution in [3.63, 3.8) is 0 Å². The average molecular weight is 427 g/mol. The molecule has 4 nitrogen and oxygen atoms in total. The SMILES string of the molecule is Fc1ccc(-c2csc(N3CCN(C(=S)NCCc4ccccc4)CC3)n2)cc1. The topological polar surface area (TPSA) is 31.4 Å². The molecule has 4 rings (SSSR count). The zero-order chi connectivity index (χ0) is 20.1. The summed E-state index contributed by atoms with van der Waals surface area (Å²) in [5.74, 6) is -0.228. The van der Waals surface area contributed by atoms with Crippen LogP contribution < -0.4 is 10.2 Å². The Morgan fingerprint density at radius 3 is 2.48 bits per heavy atom. The summed E-state index contributed by atoms with van der Waals surface area (Å²) in [5, 5.41) is 7.25. The van der Waals surface area contributed by atoms with E-state index in [2.05, 4.69) is 39.4 Å². The summed E-state index contributed by atoms with van der Waals surface area (Å²) in [7, 11) is 0. The number of anilines is 1. The molecule has 7 heteroatoms. The first-order chi connectivity index (χ1) is 14.2. The summed E-state index contributed by atoms with van der Waals surface area (Å²) >= 11 is 7.21. The lowest BCUT2D eigenvalue weighted by atomic mass is 10.1. The van der Waals surface area contributed by atoms with E-state index in [0.717, 1.165) is 60.6 Å². The summed E-state index contributed by atoms with van der Waals surface area (Å²) in [6.07, 6.45) is 0.965. The lowest BCUT2D eigenvalue weighted by molar-refractivity contribution is 0.380. The number of hydrogen-bond donors (Lipinski definition) is 1. The van der Waals surface area contributed by atoms with Gasteiger partial charge in [-0.15, -0.1) is 11.3 Å². The van der Waals surface area contributed by atoms with Gasteiger partial charge in [-0.2, -0.15) is 0 Å². The molecule has 29 heavy (non-hydrogen) atoms. The molecule has 1 N–H and O–H groups in total. The highest BCUT2D eigenvalue weighted by atomic mass is 32.1. The third kappa shape index (κ3) is 5.10. The summed E-state index contributed by atoms with van der Waals surface area (Å²) in [4.78, 5) is 9.26. The molecule has 0 amide bonds. The number of nitrogens with zero attached hydrogens (tertiary/aromatic N) is 3. The predicted molar refractivity (Wildman–Crippen MR) is 122 cm³/mol. The molecule has 1 fully saturated rings. The molecule has 0 radical (unpaired) electrons. The highest BCUT2D eigenvalue weighted by molar-refractivity contribution is 7.80. The molecule has 1 aliphatic heterocycles. The largest absolute Gasteiger partial charge is 0.362 e. The lowest BCUT2D eigenvalue weighted by Crippen LogP contribution is -2.52. The highest BCUT2D eigenvalue weighted by Gasteiger charge is 2.21. The minimum atomic E-state index is -0.228. The van der Waals surface area contributed by atoms with E-state index < -0.39 is 0 Å². The van der Waals surface area contributed by atoms with Crippen molar-refractivity contribution in [1.82, 2.24) is 15.2 Å². The molecule has 1 saturated heterocycles. The molecule has 1 aliphatic rings.